The number of hydrogen-bond acceptors (Lipinski definition) is 4. The summed E-state index contributed by atoms with van der Waals surface area (Å²) in [5, 5.41) is 0. The molecule has 0 unspecified atom stereocenters. The lowest BCUT2D eigenvalue weighted by atomic mass is 10.1. The fourth-order valence-electron chi connectivity index (χ4n) is 3.16. The van der Waals surface area contributed by atoms with E-state index >= 15 is 0 Å². The number of hydrogen-bond donors (Lipinski definition) is 1. The number of carbonyl (C=O) groups excluding carboxylic acids is 1. The molecule has 0 spiro atoms. The fourth-order valence-corrected chi connectivity index (χ4v) is 3.16. The smallest absolute Gasteiger partial charge is 0.263 e. The number of nitrogens with zero attached hydrogens (tertiary/aromatic N) is 3. The summed E-state index contributed by atoms with van der Waals surface area (Å²) in [5.41, 5.74) is 2.49. The molecule has 1 amide bonds. The highest BCUT2D eigenvalue weighted by molar-refractivity contribution is 5.93. The minimum atomic E-state index is -0.377. The van der Waals surface area contributed by atoms with Gasteiger partial charge in [-0.2, -0.15) is 0 Å². The Labute approximate surface area is 163 Å². The lowest BCUT2D eigenvalue weighted by Gasteiger charge is -2.23. The van der Waals surface area contributed by atoms with Crippen LogP contribution in [0, 0.1) is 6.92 Å². The number of aromatic nitrogens is 3. The first-order valence-electron chi connectivity index (χ1n) is 9.44. The summed E-state index contributed by atoms with van der Waals surface area (Å²) in [6.07, 6.45) is 5.20. The van der Waals surface area contributed by atoms with Crippen LogP contribution in [-0.2, 0) is 13.1 Å². The van der Waals surface area contributed by atoms with Crippen LogP contribution in [0.4, 0.5) is 0 Å². The van der Waals surface area contributed by atoms with Crippen LogP contribution in [0.2, 0.25) is 0 Å². The van der Waals surface area contributed by atoms with E-state index in [0.29, 0.717) is 24.8 Å². The predicted octanol–water partition coefficient (Wildman–Crippen LogP) is 3.19. The number of rotatable bonds is 6. The Bertz CT molecular complexity index is 1040. The molecule has 0 bridgehead atoms. The Morgan fingerprint density at radius 3 is 2.57 bits per heavy atom. The summed E-state index contributed by atoms with van der Waals surface area (Å²) in [6.45, 7) is 2.68. The third kappa shape index (κ3) is 4.01. The Kier molecular flexibility index (Phi) is 5.02. The minimum absolute atomic E-state index is 0.0638. The molecule has 1 fully saturated rings. The highest BCUT2D eigenvalue weighted by atomic mass is 16.2. The van der Waals surface area contributed by atoms with E-state index in [1.54, 1.807) is 11.1 Å². The van der Waals surface area contributed by atoms with Gasteiger partial charge in [0.25, 0.3) is 11.5 Å². The van der Waals surface area contributed by atoms with Gasteiger partial charge in [0.1, 0.15) is 11.4 Å². The van der Waals surface area contributed by atoms with Crippen molar-refractivity contribution in [1.82, 2.24) is 19.9 Å². The topological polar surface area (TPSA) is 79.0 Å². The first-order chi connectivity index (χ1) is 13.6. The molecule has 6 heteroatoms. The third-order valence-corrected chi connectivity index (χ3v) is 4.98. The van der Waals surface area contributed by atoms with E-state index in [9.17, 15) is 9.59 Å². The van der Waals surface area contributed by atoms with Gasteiger partial charge in [-0.05, 0) is 37.0 Å². The van der Waals surface area contributed by atoms with Gasteiger partial charge in [0.15, 0.2) is 0 Å². The van der Waals surface area contributed by atoms with Gasteiger partial charge in [-0.1, -0.05) is 36.4 Å². The molecule has 6 nitrogen and oxygen atoms in total. The summed E-state index contributed by atoms with van der Waals surface area (Å²) >= 11 is 0. The largest absolute Gasteiger partial charge is 0.328 e. The minimum Gasteiger partial charge on any atom is -0.328 e. The molecule has 0 radical (unpaired) electrons. The molecular formula is C22H22N4O2. The van der Waals surface area contributed by atoms with Gasteiger partial charge in [0.05, 0.1) is 12.2 Å². The number of H-pyrrole nitrogens is 1. The maximum absolute atomic E-state index is 13.2. The number of carbonyl (C=O) groups is 1. The zero-order valence-corrected chi connectivity index (χ0v) is 15.8. The summed E-state index contributed by atoms with van der Waals surface area (Å²) in [4.78, 5) is 38.9. The Hall–Kier alpha value is -3.28. The molecule has 1 N–H and O–H groups in total. The molecule has 28 heavy (non-hydrogen) atoms. The van der Waals surface area contributed by atoms with E-state index in [2.05, 4.69) is 15.0 Å². The highest BCUT2D eigenvalue weighted by Gasteiger charge is 2.28. The number of nitrogens with one attached hydrogen (secondary N) is 1. The predicted molar refractivity (Wildman–Crippen MR) is 106 cm³/mol. The van der Waals surface area contributed by atoms with Gasteiger partial charge < -0.3 is 9.88 Å². The zero-order valence-electron chi connectivity index (χ0n) is 15.8. The third-order valence-electron chi connectivity index (χ3n) is 4.98. The average Bonchev–Trinajstić information content (AvgIpc) is 3.55. The second kappa shape index (κ2) is 7.76. The molecule has 3 aromatic rings. The van der Waals surface area contributed by atoms with Crippen LogP contribution >= 0.6 is 0 Å². The van der Waals surface area contributed by atoms with Crippen LogP contribution in [0.3, 0.4) is 0 Å². The monoisotopic (exact) mass is 374 g/mol. The van der Waals surface area contributed by atoms with Crippen LogP contribution in [0.1, 0.15) is 51.8 Å². The molecule has 2 aromatic heterocycles. The van der Waals surface area contributed by atoms with E-state index in [0.717, 1.165) is 29.7 Å². The maximum atomic E-state index is 13.2. The van der Waals surface area contributed by atoms with Crippen molar-refractivity contribution in [2.75, 3.05) is 0 Å². The van der Waals surface area contributed by atoms with E-state index < -0.39 is 0 Å². The van der Waals surface area contributed by atoms with Crippen LogP contribution in [0.25, 0.3) is 0 Å². The Morgan fingerprint density at radius 1 is 1.11 bits per heavy atom. The van der Waals surface area contributed by atoms with Gasteiger partial charge >= 0.3 is 0 Å². The molecule has 1 saturated carbocycles. The second-order valence-electron chi connectivity index (χ2n) is 7.20. The maximum Gasteiger partial charge on any atom is 0.263 e. The lowest BCUT2D eigenvalue weighted by Crippen LogP contribution is -2.35. The highest BCUT2D eigenvalue weighted by Crippen LogP contribution is 2.37. The van der Waals surface area contributed by atoms with Crippen molar-refractivity contribution in [2.24, 2.45) is 0 Å². The molecule has 1 aliphatic rings. The zero-order chi connectivity index (χ0) is 19.5. The molecule has 0 atom stereocenters. The average molecular weight is 374 g/mol. The van der Waals surface area contributed by atoms with Gasteiger partial charge in [-0.25, -0.2) is 4.98 Å². The first-order valence-corrected chi connectivity index (χ1v) is 9.44. The van der Waals surface area contributed by atoms with Crippen LogP contribution in [0.5, 0.6) is 0 Å². The van der Waals surface area contributed by atoms with Gasteiger partial charge in [0, 0.05) is 24.9 Å². The van der Waals surface area contributed by atoms with Crippen molar-refractivity contribution in [3.63, 3.8) is 0 Å². The number of aromatic amines is 1. The van der Waals surface area contributed by atoms with E-state index in [1.165, 1.54) is 6.20 Å². The normalized spacial score (nSPS) is 13.3. The van der Waals surface area contributed by atoms with Gasteiger partial charge in [-0.15, -0.1) is 0 Å². The number of pyridine rings is 1. The second-order valence-corrected chi connectivity index (χ2v) is 7.20. The van der Waals surface area contributed by atoms with Crippen molar-refractivity contribution in [2.45, 2.75) is 38.8 Å². The van der Waals surface area contributed by atoms with Crippen LogP contribution < -0.4 is 5.56 Å². The number of aryl methyl sites for hydroxylation is 1. The molecule has 0 aliphatic heterocycles. The lowest BCUT2D eigenvalue weighted by molar-refractivity contribution is 0.0725. The van der Waals surface area contributed by atoms with Crippen molar-refractivity contribution in [3.8, 4) is 0 Å². The molecule has 142 valence electrons. The molecule has 2 heterocycles. The van der Waals surface area contributed by atoms with Crippen molar-refractivity contribution < 1.29 is 4.79 Å². The Balaban J connectivity index is 1.64. The summed E-state index contributed by atoms with van der Waals surface area (Å²) in [6, 6.07) is 13.6. The molecule has 1 aliphatic carbocycles. The van der Waals surface area contributed by atoms with Crippen molar-refractivity contribution in [3.05, 3.63) is 93.4 Å². The SMILES string of the molecule is Cc1cccnc1CN(Cc1ccccc1)C(=O)c1cnc(C2CC2)[nH]c1=O. The van der Waals surface area contributed by atoms with Gasteiger partial charge in [-0.3, -0.25) is 14.6 Å². The van der Waals surface area contributed by atoms with E-state index in [-0.39, 0.29) is 17.0 Å². The Morgan fingerprint density at radius 2 is 1.89 bits per heavy atom. The number of benzene rings is 1. The van der Waals surface area contributed by atoms with E-state index in [4.69, 9.17) is 0 Å². The summed E-state index contributed by atoms with van der Waals surface area (Å²) < 4.78 is 0. The molecule has 4 rings (SSSR count). The fraction of sp³-hybridized carbons (Fsp3) is 0.273. The van der Waals surface area contributed by atoms with Gasteiger partial charge in [0.2, 0.25) is 0 Å². The standard InChI is InChI=1S/C22H22N4O2/c1-15-6-5-11-23-19(15)14-26(13-16-7-3-2-4-8-16)22(28)18-12-24-20(17-9-10-17)25-21(18)27/h2-8,11-12,17H,9-10,13-14H2,1H3,(H,24,25,27). The van der Waals surface area contributed by atoms with Crippen molar-refractivity contribution >= 4 is 5.91 Å². The molecular weight excluding hydrogens is 352 g/mol. The number of amides is 1. The first kappa shape index (κ1) is 18.1. The van der Waals surface area contributed by atoms with E-state index in [1.807, 2.05) is 49.4 Å². The quantitative estimate of drug-likeness (QED) is 0.719. The van der Waals surface area contributed by atoms with Crippen molar-refractivity contribution in [1.29, 1.82) is 0 Å². The van der Waals surface area contributed by atoms with Crippen LogP contribution in [-0.4, -0.2) is 25.8 Å². The molecule has 1 aromatic carbocycles. The molecule has 0 saturated heterocycles. The summed E-state index contributed by atoms with van der Waals surface area (Å²) in [5.74, 6) is 0.662. The summed E-state index contributed by atoms with van der Waals surface area (Å²) in [7, 11) is 0. The van der Waals surface area contributed by atoms with Crippen LogP contribution in [0.15, 0.2) is 59.7 Å².